The average molecular weight is 310 g/mol. The third kappa shape index (κ3) is 3.78. The van der Waals surface area contributed by atoms with Crippen LogP contribution in [0.25, 0.3) is 0 Å². The van der Waals surface area contributed by atoms with Crippen molar-refractivity contribution in [3.63, 3.8) is 0 Å². The number of nitrogens with zero attached hydrogens (tertiary/aromatic N) is 2. The van der Waals surface area contributed by atoms with Gasteiger partial charge in [-0.05, 0) is 26.0 Å². The van der Waals surface area contributed by atoms with E-state index in [1.165, 1.54) is 18.3 Å². The average Bonchev–Trinajstić information content (AvgIpc) is 2.69. The van der Waals surface area contributed by atoms with E-state index in [1.807, 2.05) is 0 Å². The van der Waals surface area contributed by atoms with Gasteiger partial charge in [0.25, 0.3) is 5.91 Å². The lowest BCUT2D eigenvalue weighted by molar-refractivity contribution is 0.102. The molecule has 1 amide bonds. The molecule has 0 aromatic carbocycles. The number of pyridine rings is 1. The molecule has 112 valence electrons. The molecule has 21 heavy (non-hydrogen) atoms. The maximum absolute atomic E-state index is 12.1. The quantitative estimate of drug-likeness (QED) is 0.880. The second-order valence-corrected chi connectivity index (χ2v) is 6.21. The summed E-state index contributed by atoms with van der Waals surface area (Å²) in [6, 6.07) is 2.87. The number of hydrogen-bond donors (Lipinski definition) is 2. The Balaban J connectivity index is 2.14. The van der Waals surface area contributed by atoms with Crippen molar-refractivity contribution < 1.29 is 17.7 Å². The number of aromatic nitrogens is 2. The van der Waals surface area contributed by atoms with Crippen LogP contribution in [0.4, 0.5) is 11.5 Å². The van der Waals surface area contributed by atoms with Crippen molar-refractivity contribution in [1.82, 2.24) is 10.1 Å². The molecule has 0 spiro atoms. The zero-order valence-corrected chi connectivity index (χ0v) is 12.5. The molecule has 8 nitrogen and oxygen atoms in total. The molecule has 0 unspecified atom stereocenters. The molecule has 0 aliphatic rings. The molecule has 0 fully saturated rings. The fourth-order valence-corrected chi connectivity index (χ4v) is 2.13. The number of hydrogen-bond acceptors (Lipinski definition) is 6. The van der Waals surface area contributed by atoms with Gasteiger partial charge in [0.1, 0.15) is 17.2 Å². The minimum atomic E-state index is -3.40. The van der Waals surface area contributed by atoms with Gasteiger partial charge in [-0.25, -0.2) is 13.4 Å². The normalized spacial score (nSPS) is 11.2. The summed E-state index contributed by atoms with van der Waals surface area (Å²) in [5, 5.41) is 6.40. The first kappa shape index (κ1) is 15.0. The maximum Gasteiger partial charge on any atom is 0.257 e. The Morgan fingerprint density at radius 3 is 2.48 bits per heavy atom. The van der Waals surface area contributed by atoms with E-state index in [-0.39, 0.29) is 17.3 Å². The largest absolute Gasteiger partial charge is 0.359 e. The number of carbonyl (C=O) groups excluding carboxylic acids is 1. The lowest BCUT2D eigenvalue weighted by Crippen LogP contribution is -2.14. The summed E-state index contributed by atoms with van der Waals surface area (Å²) in [6.45, 7) is 3.40. The standard InChI is InChI=1S/C12H14N4O4S/c1-7-11(8(2)20-15-7)14-12(17)9-4-5-10(13-6-9)16-21(3,18)19/h4-6H,1-3H3,(H,13,16)(H,14,17). The van der Waals surface area contributed by atoms with Gasteiger partial charge >= 0.3 is 0 Å². The number of carbonyl (C=O) groups is 1. The fourth-order valence-electron chi connectivity index (χ4n) is 1.63. The molecule has 0 bridgehead atoms. The third-order valence-electron chi connectivity index (χ3n) is 2.59. The number of anilines is 2. The fraction of sp³-hybridized carbons (Fsp3) is 0.250. The minimum Gasteiger partial charge on any atom is -0.359 e. The van der Waals surface area contributed by atoms with Crippen molar-refractivity contribution in [3.8, 4) is 0 Å². The molecule has 0 saturated carbocycles. The molecule has 0 radical (unpaired) electrons. The zero-order valence-electron chi connectivity index (χ0n) is 11.7. The number of rotatable bonds is 4. The first-order chi connectivity index (χ1) is 9.76. The highest BCUT2D eigenvalue weighted by Gasteiger charge is 2.14. The summed E-state index contributed by atoms with van der Waals surface area (Å²) < 4.78 is 29.3. The highest BCUT2D eigenvalue weighted by molar-refractivity contribution is 7.92. The van der Waals surface area contributed by atoms with Crippen molar-refractivity contribution >= 4 is 27.4 Å². The summed E-state index contributed by atoms with van der Waals surface area (Å²) in [7, 11) is -3.40. The molecular weight excluding hydrogens is 296 g/mol. The van der Waals surface area contributed by atoms with E-state index in [1.54, 1.807) is 13.8 Å². The van der Waals surface area contributed by atoms with Gasteiger partial charge in [-0.15, -0.1) is 0 Å². The van der Waals surface area contributed by atoms with Crippen LogP contribution in [0.2, 0.25) is 0 Å². The second kappa shape index (κ2) is 5.52. The predicted molar refractivity (Wildman–Crippen MR) is 76.6 cm³/mol. The Labute approximate surface area is 121 Å². The van der Waals surface area contributed by atoms with E-state index in [2.05, 4.69) is 20.2 Å². The van der Waals surface area contributed by atoms with E-state index in [9.17, 15) is 13.2 Å². The van der Waals surface area contributed by atoms with Crippen LogP contribution in [0, 0.1) is 13.8 Å². The molecule has 2 heterocycles. The highest BCUT2D eigenvalue weighted by Crippen LogP contribution is 2.19. The van der Waals surface area contributed by atoms with Gasteiger partial charge in [0.2, 0.25) is 10.0 Å². The van der Waals surface area contributed by atoms with E-state index < -0.39 is 10.0 Å². The van der Waals surface area contributed by atoms with E-state index in [0.29, 0.717) is 17.1 Å². The summed E-state index contributed by atoms with van der Waals surface area (Å²) in [4.78, 5) is 15.9. The molecule has 0 atom stereocenters. The third-order valence-corrected chi connectivity index (χ3v) is 3.17. The van der Waals surface area contributed by atoms with Gasteiger partial charge < -0.3 is 9.84 Å². The van der Waals surface area contributed by atoms with Gasteiger partial charge in [-0.3, -0.25) is 9.52 Å². The van der Waals surface area contributed by atoms with E-state index in [4.69, 9.17) is 4.52 Å². The SMILES string of the molecule is Cc1noc(C)c1NC(=O)c1ccc(NS(C)(=O)=O)nc1. The van der Waals surface area contributed by atoms with Gasteiger partial charge in [0.15, 0.2) is 5.76 Å². The Bertz CT molecular complexity index is 746. The van der Waals surface area contributed by atoms with E-state index in [0.717, 1.165) is 6.26 Å². The molecule has 0 aliphatic carbocycles. The Morgan fingerprint density at radius 1 is 1.29 bits per heavy atom. The van der Waals surface area contributed by atoms with Crippen molar-refractivity contribution in [1.29, 1.82) is 0 Å². The van der Waals surface area contributed by atoms with E-state index >= 15 is 0 Å². The van der Waals surface area contributed by atoms with Gasteiger partial charge in [-0.2, -0.15) is 0 Å². The highest BCUT2D eigenvalue weighted by atomic mass is 32.2. The number of nitrogens with one attached hydrogen (secondary N) is 2. The van der Waals surface area contributed by atoms with Crippen LogP contribution in [-0.4, -0.2) is 30.7 Å². The Hall–Kier alpha value is -2.42. The minimum absolute atomic E-state index is 0.145. The van der Waals surface area contributed by atoms with Crippen LogP contribution in [0.5, 0.6) is 0 Å². The zero-order chi connectivity index (χ0) is 15.6. The van der Waals surface area contributed by atoms with Gasteiger partial charge in [0, 0.05) is 6.20 Å². The summed E-state index contributed by atoms with van der Waals surface area (Å²) in [5.41, 5.74) is 1.37. The predicted octanol–water partition coefficient (Wildman–Crippen LogP) is 1.31. The van der Waals surface area contributed by atoms with Crippen LogP contribution in [0.15, 0.2) is 22.9 Å². The topological polar surface area (TPSA) is 114 Å². The number of aryl methyl sites for hydroxylation is 2. The monoisotopic (exact) mass is 310 g/mol. The second-order valence-electron chi connectivity index (χ2n) is 4.46. The first-order valence-electron chi connectivity index (χ1n) is 5.94. The van der Waals surface area contributed by atoms with Crippen LogP contribution < -0.4 is 10.0 Å². The van der Waals surface area contributed by atoms with Crippen LogP contribution in [-0.2, 0) is 10.0 Å². The molecule has 2 rings (SSSR count). The van der Waals surface area contributed by atoms with Gasteiger partial charge in [-0.1, -0.05) is 5.16 Å². The first-order valence-corrected chi connectivity index (χ1v) is 7.83. The van der Waals surface area contributed by atoms with Crippen molar-refractivity contribution in [3.05, 3.63) is 35.3 Å². The Morgan fingerprint density at radius 2 is 2.00 bits per heavy atom. The summed E-state index contributed by atoms with van der Waals surface area (Å²) in [6.07, 6.45) is 2.30. The molecule has 9 heteroatoms. The molecule has 2 aromatic rings. The summed E-state index contributed by atoms with van der Waals surface area (Å²) in [5.74, 6) is 0.262. The maximum atomic E-state index is 12.1. The van der Waals surface area contributed by atoms with Crippen LogP contribution >= 0.6 is 0 Å². The molecule has 2 aromatic heterocycles. The molecular formula is C12H14N4O4S. The van der Waals surface area contributed by atoms with Crippen molar-refractivity contribution in [2.24, 2.45) is 0 Å². The smallest absolute Gasteiger partial charge is 0.257 e. The molecule has 0 aliphatic heterocycles. The van der Waals surface area contributed by atoms with Gasteiger partial charge in [0.05, 0.1) is 11.8 Å². The summed E-state index contributed by atoms with van der Waals surface area (Å²) >= 11 is 0. The lowest BCUT2D eigenvalue weighted by Gasteiger charge is -2.06. The van der Waals surface area contributed by atoms with Crippen LogP contribution in [0.1, 0.15) is 21.8 Å². The van der Waals surface area contributed by atoms with Crippen molar-refractivity contribution in [2.75, 3.05) is 16.3 Å². The number of amides is 1. The molecule has 2 N–H and O–H groups in total. The lowest BCUT2D eigenvalue weighted by atomic mass is 10.2. The Kier molecular flexibility index (Phi) is 3.94. The number of sulfonamides is 1. The molecule has 0 saturated heterocycles. The van der Waals surface area contributed by atoms with Crippen molar-refractivity contribution in [2.45, 2.75) is 13.8 Å². The van der Waals surface area contributed by atoms with Crippen LogP contribution in [0.3, 0.4) is 0 Å².